The zero-order valence-electron chi connectivity index (χ0n) is 10.5. The fraction of sp³-hybridized carbons (Fsp3) is 0. The number of aromatic nitrogens is 1. The molecule has 0 saturated carbocycles. The van der Waals surface area contributed by atoms with Crippen molar-refractivity contribution in [1.82, 2.24) is 0 Å². The van der Waals surface area contributed by atoms with Crippen LogP contribution >= 0.6 is 15.9 Å². The topological polar surface area (TPSA) is 30.2 Å². The Hall–Kier alpha value is -2.20. The number of halogens is 1. The molecule has 3 rings (SSSR count). The molecule has 0 radical (unpaired) electrons. The van der Waals surface area contributed by atoms with E-state index in [-0.39, 0.29) is 0 Å². The first kappa shape index (κ1) is 12.8. The van der Waals surface area contributed by atoms with Crippen molar-refractivity contribution in [3.8, 4) is 5.75 Å². The second-order valence-electron chi connectivity index (χ2n) is 4.28. The molecule has 1 heterocycles. The molecule has 0 aliphatic heterocycles. The van der Waals surface area contributed by atoms with Crippen molar-refractivity contribution < 1.29 is 14.1 Å². The number of nitrogens with zero attached hydrogens (tertiary/aromatic N) is 1. The van der Waals surface area contributed by atoms with Crippen LogP contribution in [-0.2, 0) is 0 Å². The predicted molar refractivity (Wildman–Crippen MR) is 79.7 cm³/mol. The van der Waals surface area contributed by atoms with Gasteiger partial charge in [-0.2, -0.15) is 4.79 Å². The molecular weight excluding hydrogens is 318 g/mol. The van der Waals surface area contributed by atoms with E-state index in [4.69, 9.17) is 4.74 Å². The molecule has 0 saturated heterocycles. The molecule has 0 N–H and O–H groups in total. The molecule has 2 aromatic carbocycles. The van der Waals surface area contributed by atoms with Crippen LogP contribution in [0.15, 0.2) is 71.5 Å². The Balaban J connectivity index is 1.96. The SMILES string of the molecule is O=C(Oc1ccccc1)[n+]1cc(Br)c2ccccc2c1. The smallest absolute Gasteiger partial charge is 0.372 e. The number of benzene rings is 2. The van der Waals surface area contributed by atoms with Gasteiger partial charge in [0.05, 0.1) is 4.47 Å². The van der Waals surface area contributed by atoms with Crippen molar-refractivity contribution in [3.63, 3.8) is 0 Å². The normalized spacial score (nSPS) is 10.4. The van der Waals surface area contributed by atoms with Crippen molar-refractivity contribution in [2.75, 3.05) is 0 Å². The van der Waals surface area contributed by atoms with Crippen molar-refractivity contribution >= 4 is 32.8 Å². The van der Waals surface area contributed by atoms with E-state index >= 15 is 0 Å². The molecule has 0 aliphatic carbocycles. The summed E-state index contributed by atoms with van der Waals surface area (Å²) in [5.74, 6) is 0.522. The van der Waals surface area contributed by atoms with Gasteiger partial charge in [0.2, 0.25) is 0 Å². The Morgan fingerprint density at radius 3 is 2.45 bits per heavy atom. The molecule has 98 valence electrons. The molecule has 0 aliphatic rings. The highest BCUT2D eigenvalue weighted by molar-refractivity contribution is 9.10. The summed E-state index contributed by atoms with van der Waals surface area (Å²) in [6, 6.07) is 16.8. The number of para-hydroxylation sites is 1. The first-order valence-electron chi connectivity index (χ1n) is 6.11. The average Bonchev–Trinajstić information content (AvgIpc) is 2.48. The number of ether oxygens (including phenoxy) is 1. The average molecular weight is 329 g/mol. The number of hydrogen-bond acceptors (Lipinski definition) is 2. The summed E-state index contributed by atoms with van der Waals surface area (Å²) in [6.07, 6.45) is 3.02. The standard InChI is InChI=1S/C16H11BrNO2/c17-15-11-18(10-12-6-4-5-9-14(12)15)16(19)20-13-7-2-1-3-8-13/h1-11H/q+1. The van der Waals surface area contributed by atoms with Gasteiger partial charge in [-0.15, -0.1) is 0 Å². The molecule has 0 atom stereocenters. The zero-order chi connectivity index (χ0) is 13.9. The molecule has 1 aromatic heterocycles. The van der Waals surface area contributed by atoms with Crippen LogP contribution in [0.2, 0.25) is 0 Å². The maximum atomic E-state index is 12.1. The van der Waals surface area contributed by atoms with Crippen molar-refractivity contribution in [2.45, 2.75) is 0 Å². The molecule has 0 bridgehead atoms. The quantitative estimate of drug-likeness (QED) is 0.633. The zero-order valence-corrected chi connectivity index (χ0v) is 12.1. The van der Waals surface area contributed by atoms with Crippen LogP contribution in [0.1, 0.15) is 0 Å². The Morgan fingerprint density at radius 2 is 1.65 bits per heavy atom. The van der Waals surface area contributed by atoms with E-state index < -0.39 is 6.09 Å². The van der Waals surface area contributed by atoms with Crippen LogP contribution in [0.3, 0.4) is 0 Å². The Kier molecular flexibility index (Phi) is 3.48. The minimum Gasteiger partial charge on any atom is -0.372 e. The number of fused-ring (bicyclic) bond motifs is 1. The first-order chi connectivity index (χ1) is 9.74. The summed E-state index contributed by atoms with van der Waals surface area (Å²) in [5, 5.41) is 2.02. The van der Waals surface area contributed by atoms with E-state index in [1.165, 1.54) is 4.57 Å². The van der Waals surface area contributed by atoms with Crippen LogP contribution < -0.4 is 9.30 Å². The van der Waals surface area contributed by atoms with Gasteiger partial charge in [0.15, 0.2) is 12.4 Å². The summed E-state index contributed by atoms with van der Waals surface area (Å²) in [4.78, 5) is 12.1. The third kappa shape index (κ3) is 2.56. The highest BCUT2D eigenvalue weighted by atomic mass is 79.9. The van der Waals surface area contributed by atoms with Crippen LogP contribution in [0, 0.1) is 0 Å². The fourth-order valence-corrected chi connectivity index (χ4v) is 2.53. The first-order valence-corrected chi connectivity index (χ1v) is 6.90. The van der Waals surface area contributed by atoms with Crippen molar-refractivity contribution in [3.05, 3.63) is 71.5 Å². The largest absolute Gasteiger partial charge is 0.607 e. The number of pyridine rings is 1. The molecular formula is C16H11BrNO2+. The molecule has 3 aromatic rings. The van der Waals surface area contributed by atoms with Gasteiger partial charge in [-0.25, -0.2) is 0 Å². The fourth-order valence-electron chi connectivity index (χ4n) is 1.95. The summed E-state index contributed by atoms with van der Waals surface area (Å²) in [6.45, 7) is 0. The lowest BCUT2D eigenvalue weighted by Gasteiger charge is -2.01. The third-order valence-corrected chi connectivity index (χ3v) is 3.54. The van der Waals surface area contributed by atoms with Gasteiger partial charge in [-0.05, 0) is 34.1 Å². The summed E-state index contributed by atoms with van der Waals surface area (Å²) in [7, 11) is 0. The van der Waals surface area contributed by atoms with E-state index in [0.29, 0.717) is 5.75 Å². The van der Waals surface area contributed by atoms with Gasteiger partial charge < -0.3 is 4.74 Å². The third-order valence-electron chi connectivity index (χ3n) is 2.91. The molecule has 3 nitrogen and oxygen atoms in total. The number of carbonyl (C=O) groups is 1. The van der Waals surface area contributed by atoms with E-state index in [9.17, 15) is 4.79 Å². The number of rotatable bonds is 1. The lowest BCUT2D eigenvalue weighted by atomic mass is 10.2. The van der Waals surface area contributed by atoms with E-state index in [1.54, 1.807) is 24.5 Å². The monoisotopic (exact) mass is 328 g/mol. The lowest BCUT2D eigenvalue weighted by Crippen LogP contribution is -2.44. The van der Waals surface area contributed by atoms with Gasteiger partial charge in [-0.1, -0.05) is 41.0 Å². The van der Waals surface area contributed by atoms with Gasteiger partial charge in [0.25, 0.3) is 0 Å². The Morgan fingerprint density at radius 1 is 0.950 bits per heavy atom. The highest BCUT2D eigenvalue weighted by Gasteiger charge is 2.19. The number of hydrogen-bond donors (Lipinski definition) is 0. The summed E-state index contributed by atoms with van der Waals surface area (Å²) in [5.41, 5.74) is 0. The maximum Gasteiger partial charge on any atom is 0.607 e. The Labute approximate surface area is 124 Å². The van der Waals surface area contributed by atoms with Gasteiger partial charge in [0, 0.05) is 10.8 Å². The lowest BCUT2D eigenvalue weighted by molar-refractivity contribution is -0.581. The van der Waals surface area contributed by atoms with Crippen LogP contribution in [0.5, 0.6) is 5.75 Å². The van der Waals surface area contributed by atoms with Crippen molar-refractivity contribution in [1.29, 1.82) is 0 Å². The van der Waals surface area contributed by atoms with Crippen LogP contribution in [0.4, 0.5) is 4.79 Å². The van der Waals surface area contributed by atoms with Gasteiger partial charge in [0.1, 0.15) is 5.75 Å². The second-order valence-corrected chi connectivity index (χ2v) is 5.14. The summed E-state index contributed by atoms with van der Waals surface area (Å²) < 4.78 is 7.59. The minimum atomic E-state index is -0.442. The van der Waals surface area contributed by atoms with Crippen molar-refractivity contribution in [2.24, 2.45) is 0 Å². The Bertz CT molecular complexity index is 772. The van der Waals surface area contributed by atoms with E-state index in [1.807, 2.05) is 42.5 Å². The summed E-state index contributed by atoms with van der Waals surface area (Å²) >= 11 is 3.47. The van der Waals surface area contributed by atoms with Gasteiger partial charge >= 0.3 is 6.09 Å². The van der Waals surface area contributed by atoms with Gasteiger partial charge in [-0.3, -0.25) is 0 Å². The number of carbonyl (C=O) groups excluding carboxylic acids is 1. The molecule has 0 spiro atoms. The predicted octanol–water partition coefficient (Wildman–Crippen LogP) is 3.94. The second kappa shape index (κ2) is 5.43. The molecule has 0 fully saturated rings. The highest BCUT2D eigenvalue weighted by Crippen LogP contribution is 2.21. The molecule has 4 heteroatoms. The van der Waals surface area contributed by atoms with E-state index in [2.05, 4.69) is 15.9 Å². The molecule has 0 amide bonds. The molecule has 20 heavy (non-hydrogen) atoms. The minimum absolute atomic E-state index is 0.442. The van der Waals surface area contributed by atoms with Crippen LogP contribution in [-0.4, -0.2) is 6.09 Å². The maximum absolute atomic E-state index is 12.1. The van der Waals surface area contributed by atoms with E-state index in [0.717, 1.165) is 15.2 Å². The molecule has 0 unspecified atom stereocenters. The van der Waals surface area contributed by atoms with Crippen LogP contribution in [0.25, 0.3) is 10.8 Å².